The van der Waals surface area contributed by atoms with E-state index in [0.29, 0.717) is 6.54 Å². The van der Waals surface area contributed by atoms with Crippen LogP contribution in [-0.2, 0) is 6.42 Å². The average molecular weight is 191 g/mol. The molecule has 2 aromatic rings. The van der Waals surface area contributed by atoms with E-state index < -0.39 is 0 Å². The van der Waals surface area contributed by atoms with Gasteiger partial charge in [-0.2, -0.15) is 0 Å². The molecule has 0 spiro atoms. The van der Waals surface area contributed by atoms with Crippen LogP contribution in [0.5, 0.6) is 0 Å². The number of fused-ring (bicyclic) bond motifs is 1. The maximum Gasteiger partial charge on any atom is 0.195 e. The van der Waals surface area contributed by atoms with Crippen LogP contribution in [0.2, 0.25) is 0 Å². The monoisotopic (exact) mass is 191 g/mol. The number of hydrogen-bond donors (Lipinski definition) is 1. The summed E-state index contributed by atoms with van der Waals surface area (Å²) in [5.74, 6) is 0.748. The molecule has 4 nitrogen and oxygen atoms in total. The minimum atomic E-state index is 0.663. The van der Waals surface area contributed by atoms with Gasteiger partial charge < -0.3 is 10.2 Å². The molecule has 0 radical (unpaired) electrons. The number of oxazole rings is 1. The van der Waals surface area contributed by atoms with Crippen LogP contribution in [0.1, 0.15) is 18.0 Å². The third-order valence-corrected chi connectivity index (χ3v) is 2.05. The van der Waals surface area contributed by atoms with Gasteiger partial charge in [0.2, 0.25) is 0 Å². The molecule has 0 bridgehead atoms. The van der Waals surface area contributed by atoms with E-state index in [4.69, 9.17) is 10.2 Å². The van der Waals surface area contributed by atoms with Crippen molar-refractivity contribution in [2.75, 3.05) is 6.54 Å². The molecule has 0 aliphatic carbocycles. The van der Waals surface area contributed by atoms with Crippen molar-refractivity contribution in [3.05, 3.63) is 23.8 Å². The van der Waals surface area contributed by atoms with Crippen LogP contribution in [-0.4, -0.2) is 16.5 Å². The van der Waals surface area contributed by atoms with Gasteiger partial charge in [0.15, 0.2) is 11.5 Å². The maximum absolute atomic E-state index is 5.50. The zero-order chi connectivity index (χ0) is 9.97. The molecule has 14 heavy (non-hydrogen) atoms. The van der Waals surface area contributed by atoms with Crippen molar-refractivity contribution < 1.29 is 4.42 Å². The molecule has 0 aliphatic heterocycles. The minimum absolute atomic E-state index is 0.663. The largest absolute Gasteiger partial charge is 0.439 e. The Morgan fingerprint density at radius 3 is 3.14 bits per heavy atom. The van der Waals surface area contributed by atoms with E-state index in [-0.39, 0.29) is 0 Å². The SMILES string of the molecule is Cc1cc2nc(CCCN)oc2cn1. The predicted molar refractivity (Wildman–Crippen MR) is 53.9 cm³/mol. The average Bonchev–Trinajstić information content (AvgIpc) is 2.56. The minimum Gasteiger partial charge on any atom is -0.439 e. The van der Waals surface area contributed by atoms with Gasteiger partial charge in [-0.05, 0) is 26.0 Å². The quantitative estimate of drug-likeness (QED) is 0.796. The van der Waals surface area contributed by atoms with Crippen LogP contribution in [0, 0.1) is 6.92 Å². The molecule has 0 unspecified atom stereocenters. The lowest BCUT2D eigenvalue weighted by Gasteiger charge is -1.89. The van der Waals surface area contributed by atoms with Crippen LogP contribution in [0.25, 0.3) is 11.1 Å². The van der Waals surface area contributed by atoms with E-state index in [0.717, 1.165) is 35.5 Å². The number of pyridine rings is 1. The Balaban J connectivity index is 2.32. The summed E-state index contributed by atoms with van der Waals surface area (Å²) in [4.78, 5) is 8.49. The third kappa shape index (κ3) is 1.75. The second-order valence-corrected chi connectivity index (χ2v) is 3.29. The van der Waals surface area contributed by atoms with Gasteiger partial charge in [0.05, 0.1) is 6.20 Å². The highest BCUT2D eigenvalue weighted by Gasteiger charge is 2.05. The van der Waals surface area contributed by atoms with Crippen molar-refractivity contribution in [3.63, 3.8) is 0 Å². The Labute approximate surface area is 82.1 Å². The van der Waals surface area contributed by atoms with E-state index in [1.54, 1.807) is 6.20 Å². The molecule has 2 N–H and O–H groups in total. The number of aromatic nitrogens is 2. The number of aryl methyl sites for hydroxylation is 2. The fraction of sp³-hybridized carbons (Fsp3) is 0.400. The predicted octanol–water partition coefficient (Wildman–Crippen LogP) is 1.42. The summed E-state index contributed by atoms with van der Waals surface area (Å²) >= 11 is 0. The van der Waals surface area contributed by atoms with Crippen molar-refractivity contribution in [2.24, 2.45) is 5.73 Å². The van der Waals surface area contributed by atoms with Crippen LogP contribution in [0.4, 0.5) is 0 Å². The van der Waals surface area contributed by atoms with E-state index in [1.165, 1.54) is 0 Å². The van der Waals surface area contributed by atoms with Crippen LogP contribution < -0.4 is 5.73 Å². The highest BCUT2D eigenvalue weighted by molar-refractivity contribution is 5.71. The standard InChI is InChI=1S/C10H13N3O/c1-7-5-8-9(6-12-7)14-10(13-8)3-2-4-11/h5-6H,2-4,11H2,1H3. The Hall–Kier alpha value is -1.42. The third-order valence-electron chi connectivity index (χ3n) is 2.05. The number of hydrogen-bond acceptors (Lipinski definition) is 4. The molecular formula is C10H13N3O. The molecule has 2 aromatic heterocycles. The second kappa shape index (κ2) is 3.75. The Kier molecular flexibility index (Phi) is 2.45. The van der Waals surface area contributed by atoms with E-state index >= 15 is 0 Å². The number of rotatable bonds is 3. The molecule has 0 aliphatic rings. The summed E-state index contributed by atoms with van der Waals surface area (Å²) in [6, 6.07) is 1.92. The van der Waals surface area contributed by atoms with E-state index in [9.17, 15) is 0 Å². The first-order chi connectivity index (χ1) is 6.79. The van der Waals surface area contributed by atoms with E-state index in [1.807, 2.05) is 13.0 Å². The van der Waals surface area contributed by atoms with Crippen molar-refractivity contribution in [3.8, 4) is 0 Å². The summed E-state index contributed by atoms with van der Waals surface area (Å²) in [5.41, 5.74) is 8.00. The molecule has 0 aromatic carbocycles. The van der Waals surface area contributed by atoms with Gasteiger partial charge in [-0.1, -0.05) is 0 Å². The van der Waals surface area contributed by atoms with Gasteiger partial charge in [-0.15, -0.1) is 0 Å². The summed E-state index contributed by atoms with van der Waals surface area (Å²) in [5, 5.41) is 0. The molecule has 2 rings (SSSR count). The summed E-state index contributed by atoms with van der Waals surface area (Å²) in [6.45, 7) is 2.60. The van der Waals surface area contributed by atoms with Crippen molar-refractivity contribution in [1.82, 2.24) is 9.97 Å². The summed E-state index contributed by atoms with van der Waals surface area (Å²) < 4.78 is 5.50. The van der Waals surface area contributed by atoms with Crippen molar-refractivity contribution >= 4 is 11.1 Å². The number of nitrogens with two attached hydrogens (primary N) is 1. The van der Waals surface area contributed by atoms with Crippen molar-refractivity contribution in [2.45, 2.75) is 19.8 Å². The smallest absolute Gasteiger partial charge is 0.195 e. The van der Waals surface area contributed by atoms with Gasteiger partial charge in [-0.25, -0.2) is 4.98 Å². The zero-order valence-electron chi connectivity index (χ0n) is 8.16. The van der Waals surface area contributed by atoms with Gasteiger partial charge in [-0.3, -0.25) is 4.98 Å². The summed E-state index contributed by atoms with van der Waals surface area (Å²) in [7, 11) is 0. The van der Waals surface area contributed by atoms with E-state index in [2.05, 4.69) is 9.97 Å². The molecule has 0 amide bonds. The normalized spacial score (nSPS) is 11.0. The van der Waals surface area contributed by atoms with Gasteiger partial charge in [0, 0.05) is 12.1 Å². The first-order valence-corrected chi connectivity index (χ1v) is 4.72. The fourth-order valence-corrected chi connectivity index (χ4v) is 1.34. The Bertz CT molecular complexity index is 436. The fourth-order valence-electron chi connectivity index (χ4n) is 1.34. The molecule has 4 heteroatoms. The topological polar surface area (TPSA) is 64.9 Å². The highest BCUT2D eigenvalue weighted by Crippen LogP contribution is 2.15. The molecule has 0 saturated heterocycles. The Morgan fingerprint density at radius 1 is 1.50 bits per heavy atom. The molecular weight excluding hydrogens is 178 g/mol. The lowest BCUT2D eigenvalue weighted by molar-refractivity contribution is 0.520. The molecule has 0 saturated carbocycles. The van der Waals surface area contributed by atoms with Gasteiger partial charge in [0.1, 0.15) is 5.52 Å². The highest BCUT2D eigenvalue weighted by atomic mass is 16.3. The lowest BCUT2D eigenvalue weighted by atomic mass is 10.3. The second-order valence-electron chi connectivity index (χ2n) is 3.29. The van der Waals surface area contributed by atoms with Gasteiger partial charge in [0.25, 0.3) is 0 Å². The molecule has 0 fully saturated rings. The van der Waals surface area contributed by atoms with Crippen molar-refractivity contribution in [1.29, 1.82) is 0 Å². The molecule has 0 atom stereocenters. The summed E-state index contributed by atoms with van der Waals surface area (Å²) in [6.07, 6.45) is 3.41. The molecule has 74 valence electrons. The Morgan fingerprint density at radius 2 is 2.36 bits per heavy atom. The maximum atomic E-state index is 5.50. The van der Waals surface area contributed by atoms with Crippen LogP contribution >= 0.6 is 0 Å². The van der Waals surface area contributed by atoms with Gasteiger partial charge >= 0.3 is 0 Å². The van der Waals surface area contributed by atoms with Crippen LogP contribution in [0.3, 0.4) is 0 Å². The first-order valence-electron chi connectivity index (χ1n) is 4.72. The zero-order valence-corrected chi connectivity index (χ0v) is 8.16. The lowest BCUT2D eigenvalue weighted by Crippen LogP contribution is -2.00. The molecule has 2 heterocycles. The van der Waals surface area contributed by atoms with Crippen LogP contribution in [0.15, 0.2) is 16.7 Å². The number of nitrogens with zero attached hydrogens (tertiary/aromatic N) is 2. The first kappa shape index (κ1) is 9.15.